The molecular formula is C16H21NO2S. The number of benzene rings is 1. The fourth-order valence-electron chi connectivity index (χ4n) is 2.15. The lowest BCUT2D eigenvalue weighted by atomic mass is 10.2. The monoisotopic (exact) mass is 291 g/mol. The number of carbonyl (C=O) groups excluding carboxylic acids is 1. The average molecular weight is 291 g/mol. The fraction of sp³-hybridized carbons (Fsp3) is 0.438. The average Bonchev–Trinajstić information content (AvgIpc) is 2.91. The summed E-state index contributed by atoms with van der Waals surface area (Å²) < 4.78 is 6.47. The fourth-order valence-corrected chi connectivity index (χ4v) is 3.10. The zero-order valence-corrected chi connectivity index (χ0v) is 12.9. The number of thiophene rings is 1. The Morgan fingerprint density at radius 1 is 1.25 bits per heavy atom. The third-order valence-electron chi connectivity index (χ3n) is 3.37. The second kappa shape index (κ2) is 7.41. The Morgan fingerprint density at radius 3 is 2.70 bits per heavy atom. The highest BCUT2D eigenvalue weighted by Gasteiger charge is 2.11. The first-order valence-electron chi connectivity index (χ1n) is 7.12. The molecule has 0 amide bonds. The van der Waals surface area contributed by atoms with Crippen molar-refractivity contribution < 1.29 is 9.53 Å². The maximum absolute atomic E-state index is 12.0. The van der Waals surface area contributed by atoms with Gasteiger partial charge in [0.05, 0.1) is 6.61 Å². The summed E-state index contributed by atoms with van der Waals surface area (Å²) in [4.78, 5) is 15.0. The molecule has 0 saturated heterocycles. The molecule has 2 rings (SSSR count). The van der Waals surface area contributed by atoms with E-state index in [0.717, 1.165) is 36.1 Å². The molecule has 0 bridgehead atoms. The third-order valence-corrected chi connectivity index (χ3v) is 4.47. The molecule has 108 valence electrons. The number of ether oxygens (including phenoxy) is 1. The summed E-state index contributed by atoms with van der Waals surface area (Å²) in [6, 6.07) is 9.92. The summed E-state index contributed by atoms with van der Waals surface area (Å²) in [6.45, 7) is 7.84. The third kappa shape index (κ3) is 3.81. The van der Waals surface area contributed by atoms with Crippen LogP contribution < -0.4 is 0 Å². The van der Waals surface area contributed by atoms with E-state index in [1.165, 1.54) is 11.3 Å². The van der Waals surface area contributed by atoms with E-state index in [1.54, 1.807) is 0 Å². The van der Waals surface area contributed by atoms with Crippen LogP contribution in [-0.4, -0.2) is 37.1 Å². The van der Waals surface area contributed by atoms with Crippen LogP contribution in [0.4, 0.5) is 0 Å². The van der Waals surface area contributed by atoms with Gasteiger partial charge in [-0.25, -0.2) is 4.79 Å². The van der Waals surface area contributed by atoms with Crippen molar-refractivity contribution in [1.29, 1.82) is 0 Å². The van der Waals surface area contributed by atoms with Gasteiger partial charge in [0.25, 0.3) is 0 Å². The predicted octanol–water partition coefficient (Wildman–Crippen LogP) is 3.79. The molecule has 0 fully saturated rings. The lowest BCUT2D eigenvalue weighted by Gasteiger charge is -2.17. The standard InChI is InChI=1S/C16H21NO2S/c1-3-17(4-2)10-7-11-19-16(18)15-12-13-8-5-6-9-14(13)20-15/h5-6,8-9,12H,3-4,7,10-11H2,1-2H3. The van der Waals surface area contributed by atoms with Gasteiger partial charge < -0.3 is 9.64 Å². The van der Waals surface area contributed by atoms with Crippen LogP contribution in [0.15, 0.2) is 30.3 Å². The highest BCUT2D eigenvalue weighted by atomic mass is 32.1. The molecule has 0 saturated carbocycles. The number of esters is 1. The Labute approximate surface area is 124 Å². The van der Waals surface area contributed by atoms with Crippen molar-refractivity contribution in [2.75, 3.05) is 26.2 Å². The van der Waals surface area contributed by atoms with E-state index in [9.17, 15) is 4.79 Å². The first-order valence-corrected chi connectivity index (χ1v) is 7.94. The summed E-state index contributed by atoms with van der Waals surface area (Å²) in [5, 5.41) is 1.10. The molecule has 0 aliphatic carbocycles. The van der Waals surface area contributed by atoms with E-state index < -0.39 is 0 Å². The molecule has 0 atom stereocenters. The van der Waals surface area contributed by atoms with Gasteiger partial charge in [0, 0.05) is 11.2 Å². The lowest BCUT2D eigenvalue weighted by Crippen LogP contribution is -2.25. The summed E-state index contributed by atoms with van der Waals surface area (Å²) in [5.41, 5.74) is 0. The van der Waals surface area contributed by atoms with Gasteiger partial charge in [-0.15, -0.1) is 11.3 Å². The van der Waals surface area contributed by atoms with Crippen molar-refractivity contribution in [3.63, 3.8) is 0 Å². The predicted molar refractivity (Wildman–Crippen MR) is 84.5 cm³/mol. The normalized spacial score (nSPS) is 11.2. The highest BCUT2D eigenvalue weighted by Crippen LogP contribution is 2.25. The van der Waals surface area contributed by atoms with E-state index in [2.05, 4.69) is 18.7 Å². The van der Waals surface area contributed by atoms with Crippen molar-refractivity contribution in [2.24, 2.45) is 0 Å². The molecule has 1 heterocycles. The van der Waals surface area contributed by atoms with Crippen LogP contribution in [-0.2, 0) is 4.74 Å². The SMILES string of the molecule is CCN(CC)CCCOC(=O)c1cc2ccccc2s1. The lowest BCUT2D eigenvalue weighted by molar-refractivity contribution is 0.0495. The highest BCUT2D eigenvalue weighted by molar-refractivity contribution is 7.20. The zero-order chi connectivity index (χ0) is 14.4. The molecule has 0 spiro atoms. The summed E-state index contributed by atoms with van der Waals surface area (Å²) in [6.07, 6.45) is 0.887. The number of rotatable bonds is 7. The van der Waals surface area contributed by atoms with Gasteiger partial charge >= 0.3 is 5.97 Å². The van der Waals surface area contributed by atoms with Crippen LogP contribution in [0, 0.1) is 0 Å². The Kier molecular flexibility index (Phi) is 5.56. The summed E-state index contributed by atoms with van der Waals surface area (Å²) in [7, 11) is 0. The molecule has 20 heavy (non-hydrogen) atoms. The second-order valence-electron chi connectivity index (χ2n) is 4.66. The summed E-state index contributed by atoms with van der Waals surface area (Å²) in [5.74, 6) is -0.203. The molecule has 3 nitrogen and oxygen atoms in total. The summed E-state index contributed by atoms with van der Waals surface area (Å²) >= 11 is 1.49. The largest absolute Gasteiger partial charge is 0.461 e. The van der Waals surface area contributed by atoms with Crippen molar-refractivity contribution in [2.45, 2.75) is 20.3 Å². The number of hydrogen-bond acceptors (Lipinski definition) is 4. The van der Waals surface area contributed by atoms with Gasteiger partial charge in [-0.05, 0) is 37.0 Å². The molecule has 0 radical (unpaired) electrons. The zero-order valence-electron chi connectivity index (χ0n) is 12.1. The van der Waals surface area contributed by atoms with Crippen LogP contribution >= 0.6 is 11.3 Å². The van der Waals surface area contributed by atoms with Crippen molar-refractivity contribution in [1.82, 2.24) is 4.90 Å². The second-order valence-corrected chi connectivity index (χ2v) is 5.75. The minimum absolute atomic E-state index is 0.203. The number of hydrogen-bond donors (Lipinski definition) is 0. The van der Waals surface area contributed by atoms with E-state index in [-0.39, 0.29) is 5.97 Å². The van der Waals surface area contributed by atoms with Crippen LogP contribution in [0.1, 0.15) is 29.9 Å². The molecule has 0 unspecified atom stereocenters. The number of carbonyl (C=O) groups is 1. The molecular weight excluding hydrogens is 270 g/mol. The van der Waals surface area contributed by atoms with Crippen LogP contribution in [0.2, 0.25) is 0 Å². The van der Waals surface area contributed by atoms with Gasteiger partial charge in [0.15, 0.2) is 0 Å². The first-order chi connectivity index (χ1) is 9.74. The molecule has 0 N–H and O–H groups in total. The Balaban J connectivity index is 1.83. The minimum atomic E-state index is -0.203. The molecule has 0 aliphatic rings. The molecule has 1 aromatic heterocycles. The smallest absolute Gasteiger partial charge is 0.348 e. The van der Waals surface area contributed by atoms with E-state index >= 15 is 0 Å². The van der Waals surface area contributed by atoms with Crippen LogP contribution in [0.3, 0.4) is 0 Å². The molecule has 0 aliphatic heterocycles. The number of fused-ring (bicyclic) bond motifs is 1. The van der Waals surface area contributed by atoms with Gasteiger partial charge in [-0.3, -0.25) is 0 Å². The maximum Gasteiger partial charge on any atom is 0.348 e. The van der Waals surface area contributed by atoms with Gasteiger partial charge in [0.2, 0.25) is 0 Å². The van der Waals surface area contributed by atoms with Crippen molar-refractivity contribution in [3.8, 4) is 0 Å². The molecule has 1 aromatic carbocycles. The Bertz CT molecular complexity index is 527. The quantitative estimate of drug-likeness (QED) is 0.574. The Morgan fingerprint density at radius 2 is 2.00 bits per heavy atom. The van der Waals surface area contributed by atoms with Crippen molar-refractivity contribution >= 4 is 27.4 Å². The van der Waals surface area contributed by atoms with Crippen molar-refractivity contribution in [3.05, 3.63) is 35.2 Å². The molecule has 2 aromatic rings. The topological polar surface area (TPSA) is 29.5 Å². The minimum Gasteiger partial charge on any atom is -0.461 e. The van der Waals surface area contributed by atoms with E-state index in [0.29, 0.717) is 11.5 Å². The maximum atomic E-state index is 12.0. The van der Waals surface area contributed by atoms with E-state index in [1.807, 2.05) is 30.3 Å². The number of nitrogens with zero attached hydrogens (tertiary/aromatic N) is 1. The van der Waals surface area contributed by atoms with Gasteiger partial charge in [0.1, 0.15) is 4.88 Å². The molecule has 4 heteroatoms. The van der Waals surface area contributed by atoms with Crippen LogP contribution in [0.5, 0.6) is 0 Å². The first kappa shape index (κ1) is 15.0. The van der Waals surface area contributed by atoms with Crippen LogP contribution in [0.25, 0.3) is 10.1 Å². The van der Waals surface area contributed by atoms with Gasteiger partial charge in [-0.2, -0.15) is 0 Å². The Hall–Kier alpha value is -1.39. The van der Waals surface area contributed by atoms with E-state index in [4.69, 9.17) is 4.74 Å². The van der Waals surface area contributed by atoms with Gasteiger partial charge in [-0.1, -0.05) is 32.0 Å².